The van der Waals surface area contributed by atoms with Crippen LogP contribution in [-0.2, 0) is 0 Å². The molecule has 20 heavy (non-hydrogen) atoms. The molecule has 0 saturated heterocycles. The SMILES string of the molecule is O=C(Nc1cccc(C(=O)Cl)c1Cl)c1cccc(F)c1. The molecule has 0 aliphatic rings. The zero-order valence-electron chi connectivity index (χ0n) is 9.99. The van der Waals surface area contributed by atoms with E-state index in [9.17, 15) is 14.0 Å². The molecule has 0 fully saturated rings. The standard InChI is InChI=1S/C14H8Cl2FNO2/c15-12-10(13(16)19)5-2-6-11(12)18-14(20)8-3-1-4-9(17)7-8/h1-7H,(H,18,20). The maximum atomic E-state index is 13.0. The van der Waals surface area contributed by atoms with Gasteiger partial charge in [-0.1, -0.05) is 23.7 Å². The Morgan fingerprint density at radius 3 is 2.45 bits per heavy atom. The van der Waals surface area contributed by atoms with E-state index in [0.717, 1.165) is 6.07 Å². The summed E-state index contributed by atoms with van der Waals surface area (Å²) in [5.74, 6) is -1.06. The van der Waals surface area contributed by atoms with Gasteiger partial charge >= 0.3 is 0 Å². The number of carbonyl (C=O) groups is 2. The average molecular weight is 312 g/mol. The van der Waals surface area contributed by atoms with Crippen molar-refractivity contribution in [2.24, 2.45) is 0 Å². The van der Waals surface area contributed by atoms with Crippen molar-refractivity contribution >= 4 is 40.0 Å². The summed E-state index contributed by atoms with van der Waals surface area (Å²) in [7, 11) is 0. The highest BCUT2D eigenvalue weighted by molar-refractivity contribution is 6.69. The van der Waals surface area contributed by atoms with Crippen molar-refractivity contribution in [3.8, 4) is 0 Å². The predicted molar refractivity (Wildman–Crippen MR) is 76.0 cm³/mol. The largest absolute Gasteiger partial charge is 0.321 e. The topological polar surface area (TPSA) is 46.2 Å². The van der Waals surface area contributed by atoms with Gasteiger partial charge in [0.15, 0.2) is 0 Å². The van der Waals surface area contributed by atoms with Crippen LogP contribution in [0.5, 0.6) is 0 Å². The van der Waals surface area contributed by atoms with Crippen LogP contribution in [0.3, 0.4) is 0 Å². The average Bonchev–Trinajstić information content (AvgIpc) is 2.40. The van der Waals surface area contributed by atoms with Crippen molar-refractivity contribution < 1.29 is 14.0 Å². The van der Waals surface area contributed by atoms with Crippen molar-refractivity contribution in [1.82, 2.24) is 0 Å². The molecule has 0 aliphatic carbocycles. The van der Waals surface area contributed by atoms with Gasteiger partial charge in [0.05, 0.1) is 16.3 Å². The summed E-state index contributed by atoms with van der Waals surface area (Å²) in [4.78, 5) is 23.1. The number of amides is 1. The van der Waals surface area contributed by atoms with E-state index in [2.05, 4.69) is 5.32 Å². The van der Waals surface area contributed by atoms with Gasteiger partial charge in [-0.3, -0.25) is 9.59 Å². The van der Waals surface area contributed by atoms with E-state index in [1.54, 1.807) is 0 Å². The van der Waals surface area contributed by atoms with Gasteiger partial charge in [0.2, 0.25) is 0 Å². The quantitative estimate of drug-likeness (QED) is 0.867. The summed E-state index contributed by atoms with van der Waals surface area (Å²) in [5.41, 5.74) is 0.460. The summed E-state index contributed by atoms with van der Waals surface area (Å²) in [6.07, 6.45) is 0. The highest BCUT2D eigenvalue weighted by atomic mass is 35.5. The smallest absolute Gasteiger partial charge is 0.255 e. The Labute approximate surface area is 124 Å². The lowest BCUT2D eigenvalue weighted by atomic mass is 10.2. The molecule has 0 unspecified atom stereocenters. The third kappa shape index (κ3) is 3.15. The fraction of sp³-hybridized carbons (Fsp3) is 0. The molecule has 0 aromatic heterocycles. The van der Waals surface area contributed by atoms with Gasteiger partial charge in [-0.15, -0.1) is 0 Å². The Morgan fingerprint density at radius 2 is 1.80 bits per heavy atom. The Balaban J connectivity index is 2.29. The van der Waals surface area contributed by atoms with Crippen LogP contribution in [0.25, 0.3) is 0 Å². The molecule has 0 heterocycles. The van der Waals surface area contributed by atoms with E-state index in [-0.39, 0.29) is 21.8 Å². The molecular weight excluding hydrogens is 304 g/mol. The van der Waals surface area contributed by atoms with Crippen LogP contribution >= 0.6 is 23.2 Å². The summed E-state index contributed by atoms with van der Waals surface area (Å²) in [5, 5.41) is 1.81. The molecule has 0 saturated carbocycles. The van der Waals surface area contributed by atoms with Crippen LogP contribution in [-0.4, -0.2) is 11.1 Å². The number of anilines is 1. The first-order chi connectivity index (χ1) is 9.49. The van der Waals surface area contributed by atoms with E-state index >= 15 is 0 Å². The highest BCUT2D eigenvalue weighted by Crippen LogP contribution is 2.27. The maximum absolute atomic E-state index is 13.0. The number of benzene rings is 2. The van der Waals surface area contributed by atoms with Crippen molar-refractivity contribution in [3.05, 3.63) is 64.4 Å². The lowest BCUT2D eigenvalue weighted by molar-refractivity contribution is 0.102. The molecule has 1 amide bonds. The van der Waals surface area contributed by atoms with Crippen LogP contribution < -0.4 is 5.32 Å². The number of halogens is 3. The van der Waals surface area contributed by atoms with Gasteiger partial charge in [0.1, 0.15) is 5.82 Å². The molecule has 0 bridgehead atoms. The van der Waals surface area contributed by atoms with E-state index in [1.165, 1.54) is 36.4 Å². The van der Waals surface area contributed by atoms with Gasteiger partial charge in [-0.25, -0.2) is 4.39 Å². The van der Waals surface area contributed by atoms with Crippen LogP contribution in [0.15, 0.2) is 42.5 Å². The van der Waals surface area contributed by atoms with Crippen LogP contribution in [0, 0.1) is 5.82 Å². The summed E-state index contributed by atoms with van der Waals surface area (Å²) in [6.45, 7) is 0. The number of rotatable bonds is 3. The fourth-order valence-corrected chi connectivity index (χ4v) is 2.07. The van der Waals surface area contributed by atoms with Gasteiger partial charge in [0.25, 0.3) is 11.1 Å². The van der Waals surface area contributed by atoms with Crippen LogP contribution in [0.4, 0.5) is 10.1 Å². The molecule has 2 aromatic carbocycles. The van der Waals surface area contributed by atoms with Gasteiger partial charge in [-0.2, -0.15) is 0 Å². The molecule has 0 aliphatic heterocycles. The minimum atomic E-state index is -0.725. The molecule has 3 nitrogen and oxygen atoms in total. The van der Waals surface area contributed by atoms with Gasteiger partial charge < -0.3 is 5.32 Å². The zero-order valence-corrected chi connectivity index (χ0v) is 11.5. The second kappa shape index (κ2) is 6.03. The Bertz CT molecular complexity index is 689. The van der Waals surface area contributed by atoms with Crippen LogP contribution in [0.2, 0.25) is 5.02 Å². The lowest BCUT2D eigenvalue weighted by Gasteiger charge is -2.09. The Morgan fingerprint density at radius 1 is 1.10 bits per heavy atom. The van der Waals surface area contributed by atoms with Crippen molar-refractivity contribution in [2.75, 3.05) is 5.32 Å². The molecule has 0 atom stereocenters. The second-order valence-corrected chi connectivity index (χ2v) is 4.63. The van der Waals surface area contributed by atoms with E-state index < -0.39 is 17.0 Å². The monoisotopic (exact) mass is 311 g/mol. The van der Waals surface area contributed by atoms with Crippen molar-refractivity contribution in [2.45, 2.75) is 0 Å². The van der Waals surface area contributed by atoms with Crippen molar-refractivity contribution in [1.29, 1.82) is 0 Å². The molecule has 1 N–H and O–H groups in total. The molecule has 0 radical (unpaired) electrons. The number of nitrogens with one attached hydrogen (secondary N) is 1. The van der Waals surface area contributed by atoms with E-state index in [1.807, 2.05) is 0 Å². The number of hydrogen-bond donors (Lipinski definition) is 1. The lowest BCUT2D eigenvalue weighted by Crippen LogP contribution is -2.13. The van der Waals surface area contributed by atoms with E-state index in [4.69, 9.17) is 23.2 Å². The summed E-state index contributed by atoms with van der Waals surface area (Å²) >= 11 is 11.3. The zero-order chi connectivity index (χ0) is 14.7. The first-order valence-corrected chi connectivity index (χ1v) is 6.30. The predicted octanol–water partition coefficient (Wildman–Crippen LogP) is 4.11. The minimum Gasteiger partial charge on any atom is -0.321 e. The Hall–Kier alpha value is -1.91. The van der Waals surface area contributed by atoms with E-state index in [0.29, 0.717) is 0 Å². The Kier molecular flexibility index (Phi) is 4.37. The fourth-order valence-electron chi connectivity index (χ4n) is 1.60. The second-order valence-electron chi connectivity index (χ2n) is 3.91. The molecule has 2 aromatic rings. The molecular formula is C14H8Cl2FNO2. The molecule has 102 valence electrons. The van der Waals surface area contributed by atoms with Gasteiger partial charge in [-0.05, 0) is 41.9 Å². The first kappa shape index (κ1) is 14.5. The molecule has 0 spiro atoms. The first-order valence-electron chi connectivity index (χ1n) is 5.54. The third-order valence-electron chi connectivity index (χ3n) is 2.55. The minimum absolute atomic E-state index is 0.0391. The maximum Gasteiger partial charge on any atom is 0.255 e. The number of carbonyl (C=O) groups excluding carboxylic acids is 2. The summed E-state index contributed by atoms with van der Waals surface area (Å²) in [6, 6.07) is 9.70. The third-order valence-corrected chi connectivity index (χ3v) is 3.16. The number of hydrogen-bond acceptors (Lipinski definition) is 2. The van der Waals surface area contributed by atoms with Gasteiger partial charge in [0, 0.05) is 5.56 Å². The molecule has 6 heteroatoms. The van der Waals surface area contributed by atoms with Crippen molar-refractivity contribution in [3.63, 3.8) is 0 Å². The van der Waals surface area contributed by atoms with Crippen LogP contribution in [0.1, 0.15) is 20.7 Å². The normalized spacial score (nSPS) is 10.2. The molecule has 2 rings (SSSR count). The highest BCUT2D eigenvalue weighted by Gasteiger charge is 2.14. The summed E-state index contributed by atoms with van der Waals surface area (Å²) < 4.78 is 13.0.